The Balaban J connectivity index is 2.31. The van der Waals surface area contributed by atoms with E-state index >= 15 is 0 Å². The summed E-state index contributed by atoms with van der Waals surface area (Å²) in [4.78, 5) is 4.52. The van der Waals surface area contributed by atoms with Gasteiger partial charge in [-0.05, 0) is 16.3 Å². The predicted octanol–water partition coefficient (Wildman–Crippen LogP) is 1.48. The molecule has 0 N–H and O–H groups in total. The van der Waals surface area contributed by atoms with Crippen molar-refractivity contribution in [1.29, 1.82) is 0 Å². The van der Waals surface area contributed by atoms with Crippen LogP contribution < -0.4 is 0 Å². The number of hydrogen-bond donors (Lipinski definition) is 0. The van der Waals surface area contributed by atoms with E-state index in [1.165, 1.54) is 0 Å². The van der Waals surface area contributed by atoms with E-state index in [1.54, 1.807) is 16.9 Å². The topological polar surface area (TPSA) is 56.0 Å². The highest BCUT2D eigenvalue weighted by Gasteiger charge is 2.13. The second-order valence-corrected chi connectivity index (χ2v) is 4.99. The average molecular weight is 270 g/mol. The molecule has 2 rings (SSSR count). The Bertz CT molecular complexity index is 452. The lowest BCUT2D eigenvalue weighted by atomic mass is 10.1. The number of halogens is 1. The first-order valence-corrected chi connectivity index (χ1v) is 5.75. The smallest absolute Gasteiger partial charge is 0.197 e. The Kier molecular flexibility index (Phi) is 2.95. The van der Waals surface area contributed by atoms with E-state index in [0.717, 1.165) is 12.1 Å². The van der Waals surface area contributed by atoms with Gasteiger partial charge < -0.3 is 0 Å². The Morgan fingerprint density at radius 1 is 1.40 bits per heavy atom. The summed E-state index contributed by atoms with van der Waals surface area (Å²) in [6.07, 6.45) is 4.33. The molecule has 0 aliphatic rings. The quantitative estimate of drug-likeness (QED) is 0.793. The van der Waals surface area contributed by atoms with Crippen molar-refractivity contribution in [1.82, 2.24) is 25.0 Å². The van der Waals surface area contributed by atoms with Crippen molar-refractivity contribution in [3.05, 3.63) is 18.1 Å². The van der Waals surface area contributed by atoms with Crippen LogP contribution in [0.2, 0.25) is 0 Å². The molecule has 2 heterocycles. The third-order valence-electron chi connectivity index (χ3n) is 2.31. The molecule has 0 bridgehead atoms. The van der Waals surface area contributed by atoms with Crippen LogP contribution in [0.5, 0.6) is 0 Å². The molecule has 0 aliphatic carbocycles. The lowest BCUT2D eigenvalue weighted by Crippen LogP contribution is -2.13. The van der Waals surface area contributed by atoms with Gasteiger partial charge in [-0.3, -0.25) is 4.98 Å². The highest BCUT2D eigenvalue weighted by atomic mass is 79.9. The monoisotopic (exact) mass is 269 g/mol. The molecular formula is C9H12BrN5. The Hall–Kier alpha value is -1.04. The summed E-state index contributed by atoms with van der Waals surface area (Å²) in [5.74, 6) is 0.566. The number of aromatic nitrogens is 5. The first-order valence-electron chi connectivity index (χ1n) is 4.83. The van der Waals surface area contributed by atoms with Gasteiger partial charge in [0.05, 0.1) is 11.9 Å². The molecule has 5 nitrogen and oxygen atoms in total. The van der Waals surface area contributed by atoms with Crippen LogP contribution in [0, 0.1) is 5.92 Å². The molecule has 0 amide bonds. The number of rotatable bonds is 3. The molecule has 0 radical (unpaired) electrons. The second-order valence-electron chi connectivity index (χ2n) is 3.81. The third-order valence-corrected chi connectivity index (χ3v) is 3.69. The minimum Gasteiger partial charge on any atom is -0.259 e. The van der Waals surface area contributed by atoms with Crippen LogP contribution >= 0.6 is 15.9 Å². The van der Waals surface area contributed by atoms with Gasteiger partial charge in [-0.15, -0.1) is 5.10 Å². The molecule has 80 valence electrons. The SMILES string of the molecule is CC(C)C(Br)Cc1cncc2nnnn12. The van der Waals surface area contributed by atoms with Crippen molar-refractivity contribution in [3.63, 3.8) is 0 Å². The summed E-state index contributed by atoms with van der Waals surface area (Å²) in [6.45, 7) is 4.35. The van der Waals surface area contributed by atoms with Gasteiger partial charge in [-0.2, -0.15) is 4.52 Å². The van der Waals surface area contributed by atoms with Crippen molar-refractivity contribution >= 4 is 21.6 Å². The minimum atomic E-state index is 0.411. The van der Waals surface area contributed by atoms with Crippen molar-refractivity contribution in [2.45, 2.75) is 25.1 Å². The molecule has 0 saturated carbocycles. The lowest BCUT2D eigenvalue weighted by molar-refractivity contribution is 0.597. The molecule has 6 heteroatoms. The number of nitrogens with zero attached hydrogens (tertiary/aromatic N) is 5. The van der Waals surface area contributed by atoms with E-state index in [-0.39, 0.29) is 0 Å². The third kappa shape index (κ3) is 2.14. The second kappa shape index (κ2) is 4.22. The summed E-state index contributed by atoms with van der Waals surface area (Å²) in [7, 11) is 0. The summed E-state index contributed by atoms with van der Waals surface area (Å²) in [5.41, 5.74) is 1.71. The molecule has 0 saturated heterocycles. The van der Waals surface area contributed by atoms with Crippen molar-refractivity contribution < 1.29 is 0 Å². The van der Waals surface area contributed by atoms with Crippen molar-refractivity contribution in [2.75, 3.05) is 0 Å². The van der Waals surface area contributed by atoms with Gasteiger partial charge in [0.15, 0.2) is 5.65 Å². The molecule has 1 unspecified atom stereocenters. The van der Waals surface area contributed by atoms with E-state index < -0.39 is 0 Å². The maximum absolute atomic E-state index is 4.11. The molecule has 0 fully saturated rings. The minimum absolute atomic E-state index is 0.411. The van der Waals surface area contributed by atoms with Gasteiger partial charge in [0.1, 0.15) is 0 Å². The van der Waals surface area contributed by atoms with Gasteiger partial charge in [-0.1, -0.05) is 29.8 Å². The van der Waals surface area contributed by atoms with Gasteiger partial charge >= 0.3 is 0 Å². The Morgan fingerprint density at radius 2 is 2.20 bits per heavy atom. The van der Waals surface area contributed by atoms with Crippen LogP contribution in [0.4, 0.5) is 0 Å². The van der Waals surface area contributed by atoms with Crippen LogP contribution in [-0.2, 0) is 6.42 Å². The van der Waals surface area contributed by atoms with Gasteiger partial charge in [-0.25, -0.2) is 0 Å². The zero-order valence-electron chi connectivity index (χ0n) is 8.63. The Morgan fingerprint density at radius 3 is 2.93 bits per heavy atom. The van der Waals surface area contributed by atoms with Crippen LogP contribution in [0.15, 0.2) is 12.4 Å². The Labute approximate surface area is 96.0 Å². The van der Waals surface area contributed by atoms with Crippen LogP contribution in [0.25, 0.3) is 5.65 Å². The maximum atomic E-state index is 4.11. The fourth-order valence-corrected chi connectivity index (χ4v) is 1.63. The van der Waals surface area contributed by atoms with E-state index in [0.29, 0.717) is 16.4 Å². The standard InChI is InChI=1S/C9H12BrN5/c1-6(2)8(10)3-7-4-11-5-9-12-13-14-15(7)9/h4-6,8H,3H2,1-2H3. The highest BCUT2D eigenvalue weighted by Crippen LogP contribution is 2.17. The first kappa shape index (κ1) is 10.5. The number of fused-ring (bicyclic) bond motifs is 1. The summed E-state index contributed by atoms with van der Waals surface area (Å²) in [6, 6.07) is 0. The molecule has 0 aromatic carbocycles. The zero-order chi connectivity index (χ0) is 10.8. The van der Waals surface area contributed by atoms with Crippen LogP contribution in [-0.4, -0.2) is 29.9 Å². The van der Waals surface area contributed by atoms with Crippen LogP contribution in [0.3, 0.4) is 0 Å². The van der Waals surface area contributed by atoms with E-state index in [1.807, 2.05) is 0 Å². The normalized spacial score (nSPS) is 13.6. The molecule has 0 spiro atoms. The number of alkyl halides is 1. The van der Waals surface area contributed by atoms with Crippen molar-refractivity contribution in [2.24, 2.45) is 5.92 Å². The van der Waals surface area contributed by atoms with E-state index in [4.69, 9.17) is 0 Å². The highest BCUT2D eigenvalue weighted by molar-refractivity contribution is 9.09. The molecule has 15 heavy (non-hydrogen) atoms. The molecular weight excluding hydrogens is 258 g/mol. The fourth-order valence-electron chi connectivity index (χ4n) is 1.30. The first-order chi connectivity index (χ1) is 7.18. The molecule has 0 aliphatic heterocycles. The largest absolute Gasteiger partial charge is 0.259 e. The van der Waals surface area contributed by atoms with Crippen LogP contribution in [0.1, 0.15) is 19.5 Å². The molecule has 2 aromatic rings. The molecule has 2 aromatic heterocycles. The van der Waals surface area contributed by atoms with Gasteiger partial charge in [0, 0.05) is 17.4 Å². The average Bonchev–Trinajstić information content (AvgIpc) is 2.66. The predicted molar refractivity (Wildman–Crippen MR) is 59.8 cm³/mol. The molecule has 1 atom stereocenters. The lowest BCUT2D eigenvalue weighted by Gasteiger charge is -2.13. The number of hydrogen-bond acceptors (Lipinski definition) is 4. The zero-order valence-corrected chi connectivity index (χ0v) is 10.2. The van der Waals surface area contributed by atoms with Crippen molar-refractivity contribution in [3.8, 4) is 0 Å². The summed E-state index contributed by atoms with van der Waals surface area (Å²) >= 11 is 3.64. The number of tetrazole rings is 1. The van der Waals surface area contributed by atoms with Gasteiger partial charge in [0.2, 0.25) is 0 Å². The summed E-state index contributed by atoms with van der Waals surface area (Å²) in [5, 5.41) is 11.4. The maximum Gasteiger partial charge on any atom is 0.197 e. The van der Waals surface area contributed by atoms with Gasteiger partial charge in [0.25, 0.3) is 0 Å². The van der Waals surface area contributed by atoms with E-state index in [2.05, 4.69) is 50.3 Å². The summed E-state index contributed by atoms with van der Waals surface area (Å²) < 4.78 is 1.73. The van der Waals surface area contributed by atoms with E-state index in [9.17, 15) is 0 Å². The fraction of sp³-hybridized carbons (Fsp3) is 0.556.